The topological polar surface area (TPSA) is 54.4 Å². The average molecular weight is 311 g/mol. The lowest BCUT2D eigenvalue weighted by Gasteiger charge is -2.21. The average Bonchev–Trinajstić information content (AvgIpc) is 2.39. The SMILES string of the molecule is CC(O)C(c1cccc(Cl)c1)S(=O)(=O)c1ccccc1. The van der Waals surface area contributed by atoms with Crippen molar-refractivity contribution in [3.8, 4) is 0 Å². The number of aliphatic hydroxyl groups is 1. The van der Waals surface area contributed by atoms with Crippen LogP contribution in [0.15, 0.2) is 59.5 Å². The molecule has 106 valence electrons. The minimum atomic E-state index is -3.68. The lowest BCUT2D eigenvalue weighted by Crippen LogP contribution is -2.24. The van der Waals surface area contributed by atoms with Crippen LogP contribution in [0.25, 0.3) is 0 Å². The lowest BCUT2D eigenvalue weighted by atomic mass is 10.1. The molecule has 2 atom stereocenters. The van der Waals surface area contributed by atoms with E-state index in [2.05, 4.69) is 0 Å². The summed E-state index contributed by atoms with van der Waals surface area (Å²) >= 11 is 5.91. The van der Waals surface area contributed by atoms with Gasteiger partial charge in [-0.3, -0.25) is 0 Å². The molecule has 0 amide bonds. The summed E-state index contributed by atoms with van der Waals surface area (Å²) in [5.74, 6) is 0. The number of halogens is 1. The van der Waals surface area contributed by atoms with E-state index in [-0.39, 0.29) is 4.90 Å². The molecule has 0 saturated carbocycles. The number of hydrogen-bond acceptors (Lipinski definition) is 3. The standard InChI is InChI=1S/C15H15ClO3S/c1-11(17)15(12-6-5-7-13(16)10-12)20(18,19)14-8-3-2-4-9-14/h2-11,15,17H,1H3. The van der Waals surface area contributed by atoms with E-state index in [1.807, 2.05) is 0 Å². The molecule has 0 spiro atoms. The van der Waals surface area contributed by atoms with Gasteiger partial charge >= 0.3 is 0 Å². The molecule has 20 heavy (non-hydrogen) atoms. The normalized spacial score (nSPS) is 14.8. The zero-order valence-electron chi connectivity index (χ0n) is 10.9. The third-order valence-electron chi connectivity index (χ3n) is 3.02. The summed E-state index contributed by atoms with van der Waals surface area (Å²) in [4.78, 5) is 0.186. The Labute approximate surface area is 123 Å². The van der Waals surface area contributed by atoms with Crippen LogP contribution in [-0.4, -0.2) is 19.6 Å². The maximum atomic E-state index is 12.7. The van der Waals surface area contributed by atoms with Crippen molar-refractivity contribution in [2.24, 2.45) is 0 Å². The maximum absolute atomic E-state index is 12.7. The first-order chi connectivity index (χ1) is 9.43. The molecular weight excluding hydrogens is 296 g/mol. The van der Waals surface area contributed by atoms with E-state index in [0.717, 1.165) is 0 Å². The number of aliphatic hydroxyl groups excluding tert-OH is 1. The molecule has 2 aromatic carbocycles. The van der Waals surface area contributed by atoms with Crippen molar-refractivity contribution in [2.45, 2.75) is 23.2 Å². The van der Waals surface area contributed by atoms with Crippen LogP contribution in [0.4, 0.5) is 0 Å². The molecule has 0 aliphatic rings. The predicted octanol–water partition coefficient (Wildman–Crippen LogP) is 3.24. The fourth-order valence-electron chi connectivity index (χ4n) is 2.16. The van der Waals surface area contributed by atoms with E-state index in [9.17, 15) is 13.5 Å². The Bertz CT molecular complexity index is 681. The van der Waals surface area contributed by atoms with E-state index < -0.39 is 21.2 Å². The van der Waals surface area contributed by atoms with Gasteiger partial charge in [0.2, 0.25) is 0 Å². The Hall–Kier alpha value is -1.36. The van der Waals surface area contributed by atoms with Gasteiger partial charge in [0.25, 0.3) is 0 Å². The van der Waals surface area contributed by atoms with E-state index in [1.54, 1.807) is 42.5 Å². The van der Waals surface area contributed by atoms with Gasteiger partial charge in [0.05, 0.1) is 11.0 Å². The van der Waals surface area contributed by atoms with Gasteiger partial charge in [-0.05, 0) is 36.8 Å². The number of hydrogen-bond donors (Lipinski definition) is 1. The largest absolute Gasteiger partial charge is 0.392 e. The van der Waals surface area contributed by atoms with Crippen molar-refractivity contribution in [1.29, 1.82) is 0 Å². The highest BCUT2D eigenvalue weighted by Gasteiger charge is 2.33. The summed E-state index contributed by atoms with van der Waals surface area (Å²) in [5, 5.41) is 9.33. The minimum absolute atomic E-state index is 0.186. The van der Waals surface area contributed by atoms with E-state index in [4.69, 9.17) is 11.6 Å². The second-order valence-corrected chi connectivity index (χ2v) is 7.08. The smallest absolute Gasteiger partial charge is 0.187 e. The molecule has 0 bridgehead atoms. The van der Waals surface area contributed by atoms with Crippen LogP contribution < -0.4 is 0 Å². The molecule has 0 saturated heterocycles. The summed E-state index contributed by atoms with van der Waals surface area (Å²) in [7, 11) is -3.68. The minimum Gasteiger partial charge on any atom is -0.392 e. The fourth-order valence-corrected chi connectivity index (χ4v) is 4.21. The molecule has 0 aliphatic carbocycles. The monoisotopic (exact) mass is 310 g/mol. The molecule has 2 unspecified atom stereocenters. The van der Waals surface area contributed by atoms with E-state index >= 15 is 0 Å². The van der Waals surface area contributed by atoms with Crippen LogP contribution in [-0.2, 0) is 9.84 Å². The highest BCUT2D eigenvalue weighted by atomic mass is 35.5. The van der Waals surface area contributed by atoms with E-state index in [0.29, 0.717) is 10.6 Å². The Morgan fingerprint density at radius 2 is 1.70 bits per heavy atom. The van der Waals surface area contributed by atoms with Crippen LogP contribution in [0, 0.1) is 0 Å². The molecule has 0 fully saturated rings. The highest BCUT2D eigenvalue weighted by Crippen LogP contribution is 2.32. The number of rotatable bonds is 4. The van der Waals surface area contributed by atoms with Gasteiger partial charge in [-0.1, -0.05) is 41.9 Å². The third-order valence-corrected chi connectivity index (χ3v) is 5.52. The Balaban J connectivity index is 2.55. The first-order valence-electron chi connectivity index (χ1n) is 6.15. The van der Waals surface area contributed by atoms with Gasteiger partial charge < -0.3 is 5.11 Å². The van der Waals surface area contributed by atoms with Crippen molar-refractivity contribution in [1.82, 2.24) is 0 Å². The lowest BCUT2D eigenvalue weighted by molar-refractivity contribution is 0.188. The molecule has 5 heteroatoms. The fraction of sp³-hybridized carbons (Fsp3) is 0.200. The summed E-state index contributed by atoms with van der Waals surface area (Å²) in [5.41, 5.74) is 0.483. The van der Waals surface area contributed by atoms with Crippen LogP contribution in [0.2, 0.25) is 5.02 Å². The second kappa shape index (κ2) is 5.95. The first-order valence-corrected chi connectivity index (χ1v) is 8.08. The van der Waals surface area contributed by atoms with Crippen molar-refractivity contribution >= 4 is 21.4 Å². The first kappa shape index (κ1) is 15.0. The van der Waals surface area contributed by atoms with Crippen molar-refractivity contribution in [3.05, 3.63) is 65.2 Å². The van der Waals surface area contributed by atoms with E-state index in [1.165, 1.54) is 19.1 Å². The molecule has 0 radical (unpaired) electrons. The van der Waals surface area contributed by atoms with Crippen LogP contribution in [0.3, 0.4) is 0 Å². The Kier molecular flexibility index (Phi) is 4.48. The van der Waals surface area contributed by atoms with Gasteiger partial charge in [0, 0.05) is 5.02 Å². The Morgan fingerprint density at radius 3 is 2.25 bits per heavy atom. The molecular formula is C15H15ClO3S. The van der Waals surface area contributed by atoms with Gasteiger partial charge in [-0.15, -0.1) is 0 Å². The molecule has 0 aliphatic heterocycles. The molecule has 2 aromatic rings. The van der Waals surface area contributed by atoms with Gasteiger partial charge in [-0.25, -0.2) is 8.42 Å². The van der Waals surface area contributed by atoms with Crippen molar-refractivity contribution in [2.75, 3.05) is 0 Å². The highest BCUT2D eigenvalue weighted by molar-refractivity contribution is 7.91. The zero-order valence-corrected chi connectivity index (χ0v) is 12.5. The van der Waals surface area contributed by atoms with Crippen LogP contribution in [0.1, 0.15) is 17.7 Å². The molecule has 0 heterocycles. The van der Waals surface area contributed by atoms with Gasteiger partial charge in [-0.2, -0.15) is 0 Å². The predicted molar refractivity (Wildman–Crippen MR) is 79.5 cm³/mol. The number of sulfone groups is 1. The summed E-state index contributed by atoms with van der Waals surface area (Å²) in [6, 6.07) is 14.7. The molecule has 1 N–H and O–H groups in total. The summed E-state index contributed by atoms with van der Waals surface area (Å²) in [6.07, 6.45) is -1.04. The van der Waals surface area contributed by atoms with Gasteiger partial charge in [0.1, 0.15) is 5.25 Å². The van der Waals surface area contributed by atoms with Crippen LogP contribution in [0.5, 0.6) is 0 Å². The van der Waals surface area contributed by atoms with Gasteiger partial charge in [0.15, 0.2) is 9.84 Å². The molecule has 3 nitrogen and oxygen atoms in total. The quantitative estimate of drug-likeness (QED) is 0.943. The summed E-state index contributed by atoms with van der Waals surface area (Å²) in [6.45, 7) is 1.46. The molecule has 2 rings (SSSR count). The van der Waals surface area contributed by atoms with Crippen LogP contribution >= 0.6 is 11.6 Å². The maximum Gasteiger partial charge on any atom is 0.187 e. The Morgan fingerprint density at radius 1 is 1.05 bits per heavy atom. The van der Waals surface area contributed by atoms with Crippen molar-refractivity contribution < 1.29 is 13.5 Å². The number of benzene rings is 2. The zero-order chi connectivity index (χ0) is 14.8. The van der Waals surface area contributed by atoms with Crippen molar-refractivity contribution in [3.63, 3.8) is 0 Å². The second-order valence-electron chi connectivity index (χ2n) is 4.57. The molecule has 0 aromatic heterocycles. The summed E-state index contributed by atoms with van der Waals surface area (Å²) < 4.78 is 25.4. The third kappa shape index (κ3) is 3.03.